The third kappa shape index (κ3) is 4.96. The van der Waals surface area contributed by atoms with Gasteiger partial charge in [-0.15, -0.1) is 0 Å². The fourth-order valence-corrected chi connectivity index (χ4v) is 2.37. The van der Waals surface area contributed by atoms with Gasteiger partial charge in [-0.25, -0.2) is 0 Å². The molecule has 0 saturated heterocycles. The molecule has 6 nitrogen and oxygen atoms in total. The number of primary amides is 1. The zero-order chi connectivity index (χ0) is 17.5. The SMILES string of the molecule is CC(C)N(CC(N)=O)CC(=O)N(Cc1ccco1)c1ccccc1. The number of hydrogen-bond acceptors (Lipinski definition) is 4. The van der Waals surface area contributed by atoms with Crippen LogP contribution in [0.15, 0.2) is 53.1 Å². The van der Waals surface area contributed by atoms with E-state index in [0.29, 0.717) is 12.3 Å². The Labute approximate surface area is 141 Å². The topological polar surface area (TPSA) is 79.8 Å². The smallest absolute Gasteiger partial charge is 0.241 e. The van der Waals surface area contributed by atoms with Crippen molar-refractivity contribution in [2.24, 2.45) is 5.73 Å². The number of amides is 2. The highest BCUT2D eigenvalue weighted by Crippen LogP contribution is 2.18. The average Bonchev–Trinajstić information content (AvgIpc) is 3.05. The molecular formula is C18H23N3O3. The lowest BCUT2D eigenvalue weighted by molar-refractivity contribution is -0.123. The summed E-state index contributed by atoms with van der Waals surface area (Å²) in [6.45, 7) is 4.34. The number of carbonyl (C=O) groups excluding carboxylic acids is 2. The molecule has 128 valence electrons. The number of nitrogens with two attached hydrogens (primary N) is 1. The van der Waals surface area contributed by atoms with Crippen LogP contribution in [0.3, 0.4) is 0 Å². The summed E-state index contributed by atoms with van der Waals surface area (Å²) in [5.74, 6) is 0.125. The summed E-state index contributed by atoms with van der Waals surface area (Å²) in [7, 11) is 0. The number of nitrogens with zero attached hydrogens (tertiary/aromatic N) is 2. The summed E-state index contributed by atoms with van der Waals surface area (Å²) >= 11 is 0. The van der Waals surface area contributed by atoms with E-state index in [2.05, 4.69) is 0 Å². The molecule has 0 fully saturated rings. The van der Waals surface area contributed by atoms with E-state index in [1.807, 2.05) is 50.2 Å². The third-order valence-corrected chi connectivity index (χ3v) is 3.69. The number of furan rings is 1. The minimum absolute atomic E-state index is 0.0303. The largest absolute Gasteiger partial charge is 0.467 e. The number of para-hydroxylation sites is 1. The Bertz CT molecular complexity index is 653. The van der Waals surface area contributed by atoms with Crippen molar-refractivity contribution in [3.8, 4) is 0 Å². The second-order valence-electron chi connectivity index (χ2n) is 5.86. The summed E-state index contributed by atoms with van der Waals surface area (Å²) in [4.78, 5) is 27.5. The van der Waals surface area contributed by atoms with Crippen molar-refractivity contribution >= 4 is 17.5 Å². The minimum Gasteiger partial charge on any atom is -0.467 e. The number of carbonyl (C=O) groups is 2. The molecule has 6 heteroatoms. The van der Waals surface area contributed by atoms with Gasteiger partial charge in [-0.3, -0.25) is 14.5 Å². The van der Waals surface area contributed by atoms with E-state index in [4.69, 9.17) is 10.2 Å². The molecule has 24 heavy (non-hydrogen) atoms. The fraction of sp³-hybridized carbons (Fsp3) is 0.333. The molecule has 0 aliphatic heterocycles. The van der Waals surface area contributed by atoms with E-state index < -0.39 is 5.91 Å². The van der Waals surface area contributed by atoms with Gasteiger partial charge in [0.1, 0.15) is 5.76 Å². The van der Waals surface area contributed by atoms with Gasteiger partial charge in [0.2, 0.25) is 11.8 Å². The standard InChI is InChI=1S/C18H23N3O3/c1-14(2)20(12-17(19)22)13-18(23)21(11-16-9-6-10-24-16)15-7-4-3-5-8-15/h3-10,14H,11-13H2,1-2H3,(H2,19,22). The van der Waals surface area contributed by atoms with Crippen LogP contribution in [0.25, 0.3) is 0 Å². The number of benzene rings is 1. The van der Waals surface area contributed by atoms with Gasteiger partial charge in [0.15, 0.2) is 0 Å². The van der Waals surface area contributed by atoms with Crippen LogP contribution in [-0.4, -0.2) is 35.8 Å². The Morgan fingerprint density at radius 1 is 1.08 bits per heavy atom. The predicted molar refractivity (Wildman–Crippen MR) is 92.2 cm³/mol. The molecule has 1 heterocycles. The van der Waals surface area contributed by atoms with Gasteiger partial charge in [0, 0.05) is 11.7 Å². The van der Waals surface area contributed by atoms with Crippen molar-refractivity contribution in [3.05, 3.63) is 54.5 Å². The zero-order valence-electron chi connectivity index (χ0n) is 14.0. The van der Waals surface area contributed by atoms with Crippen molar-refractivity contribution in [1.82, 2.24) is 4.90 Å². The van der Waals surface area contributed by atoms with Crippen LogP contribution in [0.4, 0.5) is 5.69 Å². The molecule has 0 aliphatic carbocycles. The second-order valence-corrected chi connectivity index (χ2v) is 5.86. The zero-order valence-corrected chi connectivity index (χ0v) is 14.0. The first-order chi connectivity index (χ1) is 11.5. The summed E-state index contributed by atoms with van der Waals surface area (Å²) < 4.78 is 5.37. The minimum atomic E-state index is -0.450. The maximum Gasteiger partial charge on any atom is 0.241 e. The molecular weight excluding hydrogens is 306 g/mol. The van der Waals surface area contributed by atoms with Gasteiger partial charge >= 0.3 is 0 Å². The molecule has 0 spiro atoms. The molecule has 0 bridgehead atoms. The van der Waals surface area contributed by atoms with Gasteiger partial charge in [-0.2, -0.15) is 0 Å². The van der Waals surface area contributed by atoms with Crippen molar-refractivity contribution in [3.63, 3.8) is 0 Å². The van der Waals surface area contributed by atoms with Crippen LogP contribution in [0.2, 0.25) is 0 Å². The normalized spacial score (nSPS) is 11.0. The lowest BCUT2D eigenvalue weighted by Gasteiger charge is -2.28. The Balaban J connectivity index is 2.19. The predicted octanol–water partition coefficient (Wildman–Crippen LogP) is 2.01. The maximum absolute atomic E-state index is 12.9. The van der Waals surface area contributed by atoms with E-state index in [1.165, 1.54) is 0 Å². The van der Waals surface area contributed by atoms with Crippen LogP contribution < -0.4 is 10.6 Å². The molecule has 0 radical (unpaired) electrons. The highest BCUT2D eigenvalue weighted by Gasteiger charge is 2.22. The van der Waals surface area contributed by atoms with Crippen LogP contribution >= 0.6 is 0 Å². The van der Waals surface area contributed by atoms with Gasteiger partial charge < -0.3 is 15.1 Å². The number of anilines is 1. The maximum atomic E-state index is 12.9. The van der Waals surface area contributed by atoms with Crippen molar-refractivity contribution in [2.45, 2.75) is 26.4 Å². The third-order valence-electron chi connectivity index (χ3n) is 3.69. The Hall–Kier alpha value is -2.60. The summed E-state index contributed by atoms with van der Waals surface area (Å²) in [5, 5.41) is 0. The molecule has 0 unspecified atom stereocenters. The van der Waals surface area contributed by atoms with E-state index in [9.17, 15) is 9.59 Å². The lowest BCUT2D eigenvalue weighted by Crippen LogP contribution is -2.46. The van der Waals surface area contributed by atoms with Gasteiger partial charge in [0.25, 0.3) is 0 Å². The molecule has 0 saturated carbocycles. The van der Waals surface area contributed by atoms with E-state index in [0.717, 1.165) is 5.69 Å². The Morgan fingerprint density at radius 2 is 1.79 bits per heavy atom. The highest BCUT2D eigenvalue weighted by molar-refractivity contribution is 5.95. The molecule has 1 aromatic carbocycles. The van der Waals surface area contributed by atoms with Crippen molar-refractivity contribution in [2.75, 3.05) is 18.0 Å². The van der Waals surface area contributed by atoms with Crippen molar-refractivity contribution in [1.29, 1.82) is 0 Å². The van der Waals surface area contributed by atoms with Crippen LogP contribution in [0.1, 0.15) is 19.6 Å². The van der Waals surface area contributed by atoms with E-state index in [1.54, 1.807) is 22.1 Å². The molecule has 2 aromatic rings. The Morgan fingerprint density at radius 3 is 2.33 bits per heavy atom. The first kappa shape index (κ1) is 17.7. The molecule has 0 aliphatic rings. The average molecular weight is 329 g/mol. The van der Waals surface area contributed by atoms with E-state index >= 15 is 0 Å². The summed E-state index contributed by atoms with van der Waals surface area (Å²) in [6.07, 6.45) is 1.58. The number of rotatable bonds is 8. The molecule has 0 atom stereocenters. The van der Waals surface area contributed by atoms with Gasteiger partial charge in [-0.05, 0) is 38.1 Å². The molecule has 2 amide bonds. The van der Waals surface area contributed by atoms with Crippen LogP contribution in [0.5, 0.6) is 0 Å². The lowest BCUT2D eigenvalue weighted by atomic mass is 10.2. The first-order valence-electron chi connectivity index (χ1n) is 7.87. The van der Waals surface area contributed by atoms with Gasteiger partial charge in [-0.1, -0.05) is 18.2 Å². The highest BCUT2D eigenvalue weighted by atomic mass is 16.3. The van der Waals surface area contributed by atoms with Crippen molar-refractivity contribution < 1.29 is 14.0 Å². The summed E-state index contributed by atoms with van der Waals surface area (Å²) in [6, 6.07) is 13.0. The molecule has 2 N–H and O–H groups in total. The second kappa shape index (κ2) is 8.31. The van der Waals surface area contributed by atoms with E-state index in [-0.39, 0.29) is 25.0 Å². The monoisotopic (exact) mass is 329 g/mol. The first-order valence-corrected chi connectivity index (χ1v) is 7.87. The fourth-order valence-electron chi connectivity index (χ4n) is 2.37. The molecule has 1 aromatic heterocycles. The summed E-state index contributed by atoms with van der Waals surface area (Å²) in [5.41, 5.74) is 6.06. The molecule has 2 rings (SSSR count). The van der Waals surface area contributed by atoms with Crippen LogP contribution in [0, 0.1) is 0 Å². The van der Waals surface area contributed by atoms with Gasteiger partial charge in [0.05, 0.1) is 25.9 Å². The number of hydrogen-bond donors (Lipinski definition) is 1. The Kier molecular flexibility index (Phi) is 6.14. The quantitative estimate of drug-likeness (QED) is 0.803. The van der Waals surface area contributed by atoms with Crippen LogP contribution in [-0.2, 0) is 16.1 Å².